The Kier molecular flexibility index (Phi) is 5.28. The van der Waals surface area contributed by atoms with E-state index in [1.807, 2.05) is 13.0 Å². The molecule has 2 rings (SSSR count). The van der Waals surface area contributed by atoms with E-state index in [9.17, 15) is 19.4 Å². The molecule has 1 unspecified atom stereocenters. The first kappa shape index (κ1) is 16.6. The highest BCUT2D eigenvalue weighted by atomic mass is 19.1. The molecule has 122 valence electrons. The summed E-state index contributed by atoms with van der Waals surface area (Å²) in [6.07, 6.45) is -1.04. The van der Waals surface area contributed by atoms with Crippen LogP contribution < -0.4 is 11.4 Å². The number of anilines is 1. The van der Waals surface area contributed by atoms with Gasteiger partial charge >= 0.3 is 5.69 Å². The summed E-state index contributed by atoms with van der Waals surface area (Å²) in [6, 6.07) is 1.33. The molecule has 1 aromatic heterocycles. The third-order valence-corrected chi connectivity index (χ3v) is 3.52. The smallest absolute Gasteiger partial charge is 0.351 e. The maximum atomic E-state index is 14.2. The summed E-state index contributed by atoms with van der Waals surface area (Å²) in [5.74, 6) is 0.0106. The number of nitrogens with zero attached hydrogens (tertiary/aromatic N) is 2. The van der Waals surface area contributed by atoms with E-state index in [0.717, 1.165) is 11.0 Å². The van der Waals surface area contributed by atoms with Gasteiger partial charge in [0.25, 0.3) is 0 Å². The molecule has 1 aliphatic heterocycles. The molecule has 0 aliphatic carbocycles. The number of nitrogen functional groups attached to an aromatic ring is 1. The molecule has 8 heteroatoms. The van der Waals surface area contributed by atoms with Crippen LogP contribution in [0.5, 0.6) is 0 Å². The van der Waals surface area contributed by atoms with Crippen molar-refractivity contribution in [2.24, 2.45) is 0 Å². The van der Waals surface area contributed by atoms with E-state index >= 15 is 0 Å². The first-order chi connectivity index (χ1) is 10.5. The quantitative estimate of drug-likeness (QED) is 0.667. The molecular formula is C14H20FN3O4. The lowest BCUT2D eigenvalue weighted by molar-refractivity contribution is -0.0830. The lowest BCUT2D eigenvalue weighted by Gasteiger charge is -2.19. The predicted octanol–water partition coefficient (Wildman–Crippen LogP) is 0.139. The van der Waals surface area contributed by atoms with Gasteiger partial charge in [-0.3, -0.25) is 4.57 Å². The lowest BCUT2D eigenvalue weighted by Crippen LogP contribution is -2.37. The third kappa shape index (κ3) is 3.34. The highest BCUT2D eigenvalue weighted by molar-refractivity contribution is 5.23. The molecule has 2 heterocycles. The highest BCUT2D eigenvalue weighted by Gasteiger charge is 2.48. The molecule has 5 atom stereocenters. The maximum Gasteiger partial charge on any atom is 0.351 e. The Bertz CT molecular complexity index is 592. The number of aromatic nitrogens is 2. The minimum Gasteiger partial charge on any atom is -0.390 e. The standard InChI is InChI=1S/C14H20FN3O4/c1-2-3-4-5-8(19)12-11(20)10(15)13(22-12)18-7-6-9(16)17-14(18)21/h3-4,6-8,10-13,19-20H,2,5H2,1H3,(H2,16,17,21)/b4-3+/t8?,10-,11+,12-,13-/m1/s1. The SMILES string of the molecule is CC/C=C/CC(O)[C@H]1O[C@@H](n2ccc(N)nc2=O)[C@H](F)[C@@H]1O. The number of aliphatic hydroxyl groups excluding tert-OH is 2. The number of hydrogen-bond donors (Lipinski definition) is 3. The second-order valence-electron chi connectivity index (χ2n) is 5.15. The van der Waals surface area contributed by atoms with Crippen LogP contribution in [-0.4, -0.2) is 44.2 Å². The van der Waals surface area contributed by atoms with Crippen LogP contribution in [0.15, 0.2) is 29.2 Å². The van der Waals surface area contributed by atoms with Gasteiger partial charge in [0.1, 0.15) is 18.0 Å². The van der Waals surface area contributed by atoms with Gasteiger partial charge in [-0.05, 0) is 18.9 Å². The summed E-state index contributed by atoms with van der Waals surface area (Å²) in [4.78, 5) is 15.2. The molecule has 0 radical (unpaired) electrons. The fourth-order valence-electron chi connectivity index (χ4n) is 2.36. The van der Waals surface area contributed by atoms with Crippen molar-refractivity contribution in [3.05, 3.63) is 34.9 Å². The van der Waals surface area contributed by atoms with E-state index in [1.54, 1.807) is 6.08 Å². The second-order valence-corrected chi connectivity index (χ2v) is 5.15. The minimum absolute atomic E-state index is 0.0106. The molecule has 1 saturated heterocycles. The van der Waals surface area contributed by atoms with Crippen molar-refractivity contribution in [2.45, 2.75) is 50.5 Å². The predicted molar refractivity (Wildman–Crippen MR) is 77.8 cm³/mol. The van der Waals surface area contributed by atoms with Gasteiger partial charge < -0.3 is 20.7 Å². The van der Waals surface area contributed by atoms with E-state index in [1.165, 1.54) is 12.3 Å². The highest BCUT2D eigenvalue weighted by Crippen LogP contribution is 2.33. The van der Waals surface area contributed by atoms with Crippen molar-refractivity contribution in [3.8, 4) is 0 Å². The van der Waals surface area contributed by atoms with Crippen molar-refractivity contribution in [1.82, 2.24) is 9.55 Å². The molecule has 4 N–H and O–H groups in total. The van der Waals surface area contributed by atoms with Crippen molar-refractivity contribution in [2.75, 3.05) is 5.73 Å². The zero-order chi connectivity index (χ0) is 16.3. The fourth-order valence-corrected chi connectivity index (χ4v) is 2.36. The first-order valence-corrected chi connectivity index (χ1v) is 7.11. The van der Waals surface area contributed by atoms with Crippen LogP contribution in [0.25, 0.3) is 0 Å². The monoisotopic (exact) mass is 313 g/mol. The number of aliphatic hydroxyl groups is 2. The summed E-state index contributed by atoms with van der Waals surface area (Å²) < 4.78 is 20.5. The Balaban J connectivity index is 2.16. The molecule has 0 saturated carbocycles. The van der Waals surface area contributed by atoms with Gasteiger partial charge in [0, 0.05) is 6.20 Å². The number of rotatable bonds is 5. The van der Waals surface area contributed by atoms with Crippen LogP contribution in [0.2, 0.25) is 0 Å². The average molecular weight is 313 g/mol. The normalized spacial score (nSPS) is 30.0. The summed E-state index contributed by atoms with van der Waals surface area (Å²) >= 11 is 0. The molecule has 1 aliphatic rings. The van der Waals surface area contributed by atoms with Gasteiger partial charge in [-0.1, -0.05) is 19.1 Å². The molecule has 22 heavy (non-hydrogen) atoms. The van der Waals surface area contributed by atoms with Gasteiger partial charge in [-0.15, -0.1) is 0 Å². The summed E-state index contributed by atoms with van der Waals surface area (Å²) in [5, 5.41) is 19.9. The van der Waals surface area contributed by atoms with E-state index in [-0.39, 0.29) is 12.2 Å². The van der Waals surface area contributed by atoms with Crippen molar-refractivity contribution in [3.63, 3.8) is 0 Å². The Morgan fingerprint density at radius 1 is 1.59 bits per heavy atom. The Morgan fingerprint density at radius 3 is 2.95 bits per heavy atom. The van der Waals surface area contributed by atoms with Crippen molar-refractivity contribution < 1.29 is 19.3 Å². The number of alkyl halides is 1. The number of hydrogen-bond acceptors (Lipinski definition) is 6. The molecule has 0 amide bonds. The van der Waals surface area contributed by atoms with Crippen LogP contribution >= 0.6 is 0 Å². The topological polar surface area (TPSA) is 111 Å². The number of allylic oxidation sites excluding steroid dienone is 1. The molecule has 1 fully saturated rings. The van der Waals surface area contributed by atoms with Gasteiger partial charge in [0.2, 0.25) is 0 Å². The summed E-state index contributed by atoms with van der Waals surface area (Å²) in [7, 11) is 0. The van der Waals surface area contributed by atoms with E-state index in [0.29, 0.717) is 0 Å². The molecule has 1 aromatic rings. The summed E-state index contributed by atoms with van der Waals surface area (Å²) in [6.45, 7) is 1.94. The van der Waals surface area contributed by atoms with Crippen LogP contribution in [0, 0.1) is 0 Å². The number of nitrogens with two attached hydrogens (primary N) is 1. The molecule has 0 aromatic carbocycles. The maximum absolute atomic E-state index is 14.2. The Morgan fingerprint density at radius 2 is 2.32 bits per heavy atom. The van der Waals surface area contributed by atoms with E-state index in [2.05, 4.69) is 4.98 Å². The fraction of sp³-hybridized carbons (Fsp3) is 0.571. The Labute approximate surface area is 126 Å². The van der Waals surface area contributed by atoms with Crippen LogP contribution in [0.4, 0.5) is 10.2 Å². The van der Waals surface area contributed by atoms with Gasteiger partial charge in [-0.25, -0.2) is 9.18 Å². The Hall–Kier alpha value is -1.77. The molecule has 7 nitrogen and oxygen atoms in total. The summed E-state index contributed by atoms with van der Waals surface area (Å²) in [5.41, 5.74) is 4.60. The molecular weight excluding hydrogens is 293 g/mol. The third-order valence-electron chi connectivity index (χ3n) is 3.52. The molecule has 0 bridgehead atoms. The van der Waals surface area contributed by atoms with Gasteiger partial charge in [0.15, 0.2) is 12.4 Å². The molecule has 0 spiro atoms. The minimum atomic E-state index is -1.85. The van der Waals surface area contributed by atoms with Crippen molar-refractivity contribution >= 4 is 5.82 Å². The van der Waals surface area contributed by atoms with Crippen molar-refractivity contribution in [1.29, 1.82) is 0 Å². The second kappa shape index (κ2) is 6.99. The van der Waals surface area contributed by atoms with E-state index in [4.69, 9.17) is 10.5 Å². The zero-order valence-electron chi connectivity index (χ0n) is 12.2. The zero-order valence-corrected chi connectivity index (χ0v) is 12.2. The van der Waals surface area contributed by atoms with Crippen LogP contribution in [0.3, 0.4) is 0 Å². The first-order valence-electron chi connectivity index (χ1n) is 7.11. The van der Waals surface area contributed by atoms with Crippen LogP contribution in [-0.2, 0) is 4.74 Å². The lowest BCUT2D eigenvalue weighted by atomic mass is 10.0. The number of ether oxygens (including phenoxy) is 1. The van der Waals surface area contributed by atoms with E-state index < -0.39 is 36.4 Å². The van der Waals surface area contributed by atoms with Crippen LogP contribution in [0.1, 0.15) is 26.0 Å². The largest absolute Gasteiger partial charge is 0.390 e. The average Bonchev–Trinajstić information content (AvgIpc) is 2.76. The van der Waals surface area contributed by atoms with Gasteiger partial charge in [-0.2, -0.15) is 4.98 Å². The van der Waals surface area contributed by atoms with Gasteiger partial charge in [0.05, 0.1) is 6.10 Å². The number of halogens is 1.